The monoisotopic (exact) mass is 263 g/mol. The van der Waals surface area contributed by atoms with E-state index in [1.54, 1.807) is 25.4 Å². The fourth-order valence-corrected chi connectivity index (χ4v) is 2.55. The van der Waals surface area contributed by atoms with E-state index in [1.807, 2.05) is 0 Å². The molecule has 1 aliphatic rings. The predicted molar refractivity (Wildman–Crippen MR) is 75.3 cm³/mol. The van der Waals surface area contributed by atoms with E-state index >= 15 is 0 Å². The molecule has 104 valence electrons. The average Bonchev–Trinajstić information content (AvgIpc) is 2.38. The number of amides is 2. The van der Waals surface area contributed by atoms with Crippen LogP contribution in [0.25, 0.3) is 0 Å². The van der Waals surface area contributed by atoms with Gasteiger partial charge in [0.2, 0.25) is 0 Å². The number of aromatic nitrogens is 1. The Labute approximate surface area is 113 Å². The molecule has 0 spiro atoms. The molecule has 1 aromatic rings. The zero-order valence-corrected chi connectivity index (χ0v) is 11.5. The molecule has 1 aromatic heterocycles. The van der Waals surface area contributed by atoms with Gasteiger partial charge in [0.05, 0.1) is 0 Å². The van der Waals surface area contributed by atoms with E-state index < -0.39 is 0 Å². The summed E-state index contributed by atoms with van der Waals surface area (Å²) in [6, 6.07) is 3.27. The summed E-state index contributed by atoms with van der Waals surface area (Å²) in [4.78, 5) is 23.7. The summed E-state index contributed by atoms with van der Waals surface area (Å²) in [7, 11) is 1.66. The SMILES string of the molecule is C[C@H]1CCCC[C@@H]1NC(=O)Nc1cccn(C)c1=O. The van der Waals surface area contributed by atoms with Gasteiger partial charge in [-0.3, -0.25) is 4.79 Å². The summed E-state index contributed by atoms with van der Waals surface area (Å²) in [5.74, 6) is 0.498. The minimum Gasteiger partial charge on any atom is -0.335 e. The molecule has 2 N–H and O–H groups in total. The van der Waals surface area contributed by atoms with Crippen LogP contribution in [0, 0.1) is 5.92 Å². The fraction of sp³-hybridized carbons (Fsp3) is 0.571. The normalized spacial score (nSPS) is 22.8. The van der Waals surface area contributed by atoms with Crippen molar-refractivity contribution >= 4 is 11.7 Å². The van der Waals surface area contributed by atoms with Gasteiger partial charge in [-0.25, -0.2) is 4.79 Å². The average molecular weight is 263 g/mol. The van der Waals surface area contributed by atoms with Crippen LogP contribution in [-0.2, 0) is 7.05 Å². The largest absolute Gasteiger partial charge is 0.335 e. The number of hydrogen-bond acceptors (Lipinski definition) is 2. The topological polar surface area (TPSA) is 63.1 Å². The van der Waals surface area contributed by atoms with Crippen molar-refractivity contribution in [3.05, 3.63) is 28.7 Å². The van der Waals surface area contributed by atoms with Crippen molar-refractivity contribution in [1.82, 2.24) is 9.88 Å². The van der Waals surface area contributed by atoms with E-state index in [0.717, 1.165) is 19.3 Å². The molecule has 0 aliphatic heterocycles. The van der Waals surface area contributed by atoms with Crippen LogP contribution in [0.5, 0.6) is 0 Å². The minimum absolute atomic E-state index is 0.200. The lowest BCUT2D eigenvalue weighted by molar-refractivity contribution is 0.232. The van der Waals surface area contributed by atoms with Crippen molar-refractivity contribution < 1.29 is 4.79 Å². The van der Waals surface area contributed by atoms with E-state index in [9.17, 15) is 9.59 Å². The Morgan fingerprint density at radius 2 is 2.11 bits per heavy atom. The second-order valence-corrected chi connectivity index (χ2v) is 5.30. The Kier molecular flexibility index (Phi) is 4.24. The predicted octanol–water partition coefficient (Wildman–Crippen LogP) is 2.09. The molecule has 0 aromatic carbocycles. The first-order valence-electron chi connectivity index (χ1n) is 6.81. The summed E-state index contributed by atoms with van der Waals surface area (Å²) in [6.45, 7) is 2.16. The van der Waals surface area contributed by atoms with Crippen molar-refractivity contribution in [2.45, 2.75) is 38.6 Å². The van der Waals surface area contributed by atoms with Gasteiger partial charge in [-0.2, -0.15) is 0 Å². The van der Waals surface area contributed by atoms with E-state index in [-0.39, 0.29) is 17.6 Å². The molecule has 0 unspecified atom stereocenters. The highest BCUT2D eigenvalue weighted by atomic mass is 16.2. The van der Waals surface area contributed by atoms with Crippen molar-refractivity contribution in [3.8, 4) is 0 Å². The Morgan fingerprint density at radius 3 is 2.84 bits per heavy atom. The number of carbonyl (C=O) groups is 1. The number of urea groups is 1. The van der Waals surface area contributed by atoms with Crippen molar-refractivity contribution in [2.75, 3.05) is 5.32 Å². The summed E-state index contributed by atoms with van der Waals surface area (Å²) in [6.07, 6.45) is 6.22. The molecule has 5 nitrogen and oxygen atoms in total. The maximum Gasteiger partial charge on any atom is 0.319 e. The first-order valence-corrected chi connectivity index (χ1v) is 6.81. The van der Waals surface area contributed by atoms with Gasteiger partial charge in [-0.05, 0) is 30.9 Å². The first kappa shape index (κ1) is 13.6. The third-order valence-corrected chi connectivity index (χ3v) is 3.80. The van der Waals surface area contributed by atoms with Crippen LogP contribution in [0.15, 0.2) is 23.1 Å². The third-order valence-electron chi connectivity index (χ3n) is 3.80. The van der Waals surface area contributed by atoms with Crippen LogP contribution < -0.4 is 16.2 Å². The molecular weight excluding hydrogens is 242 g/mol. The standard InChI is InChI=1S/C14H21N3O2/c1-10-6-3-4-7-11(10)15-14(19)16-12-8-5-9-17(2)13(12)18/h5,8-11H,3-4,6-7H2,1-2H3,(H2,15,16,19)/t10-,11-/m0/s1. The Hall–Kier alpha value is -1.78. The van der Waals surface area contributed by atoms with Crippen molar-refractivity contribution in [2.24, 2.45) is 13.0 Å². The van der Waals surface area contributed by atoms with Gasteiger partial charge in [0.15, 0.2) is 0 Å². The van der Waals surface area contributed by atoms with Crippen molar-refractivity contribution in [3.63, 3.8) is 0 Å². The maximum atomic E-state index is 11.9. The molecule has 0 radical (unpaired) electrons. The number of nitrogens with zero attached hydrogens (tertiary/aromatic N) is 1. The smallest absolute Gasteiger partial charge is 0.319 e. The van der Waals surface area contributed by atoms with Crippen molar-refractivity contribution in [1.29, 1.82) is 0 Å². The number of rotatable bonds is 2. The van der Waals surface area contributed by atoms with E-state index in [4.69, 9.17) is 0 Å². The molecule has 0 bridgehead atoms. The van der Waals surface area contributed by atoms with Crippen LogP contribution in [0.2, 0.25) is 0 Å². The third kappa shape index (κ3) is 3.36. The number of aryl methyl sites for hydroxylation is 1. The second-order valence-electron chi connectivity index (χ2n) is 5.30. The molecule has 2 atom stereocenters. The van der Waals surface area contributed by atoms with Gasteiger partial charge in [0.1, 0.15) is 5.69 Å². The second kappa shape index (κ2) is 5.91. The molecular formula is C14H21N3O2. The van der Waals surface area contributed by atoms with Crippen LogP contribution >= 0.6 is 0 Å². The minimum atomic E-state index is -0.290. The lowest BCUT2D eigenvalue weighted by Gasteiger charge is -2.29. The van der Waals surface area contributed by atoms with Gasteiger partial charge in [0, 0.05) is 19.3 Å². The summed E-state index contributed by atoms with van der Waals surface area (Å²) in [5.41, 5.74) is 0.111. The fourth-order valence-electron chi connectivity index (χ4n) is 2.55. The van der Waals surface area contributed by atoms with Gasteiger partial charge in [-0.15, -0.1) is 0 Å². The molecule has 5 heteroatoms. The molecule has 2 rings (SSSR count). The van der Waals surface area contributed by atoms with Crippen LogP contribution in [-0.4, -0.2) is 16.6 Å². The zero-order valence-electron chi connectivity index (χ0n) is 11.5. The van der Waals surface area contributed by atoms with Gasteiger partial charge >= 0.3 is 6.03 Å². The number of pyridine rings is 1. The molecule has 1 heterocycles. The van der Waals surface area contributed by atoms with E-state index in [0.29, 0.717) is 11.6 Å². The van der Waals surface area contributed by atoms with Gasteiger partial charge in [-0.1, -0.05) is 19.8 Å². The molecule has 2 amide bonds. The lowest BCUT2D eigenvalue weighted by Crippen LogP contribution is -2.43. The Bertz CT molecular complexity index is 510. The maximum absolute atomic E-state index is 11.9. The summed E-state index contributed by atoms with van der Waals surface area (Å²) in [5, 5.41) is 5.60. The summed E-state index contributed by atoms with van der Waals surface area (Å²) >= 11 is 0. The quantitative estimate of drug-likeness (QED) is 0.858. The number of hydrogen-bond donors (Lipinski definition) is 2. The molecule has 1 fully saturated rings. The van der Waals surface area contributed by atoms with E-state index in [2.05, 4.69) is 17.6 Å². The van der Waals surface area contributed by atoms with Gasteiger partial charge < -0.3 is 15.2 Å². The molecule has 19 heavy (non-hydrogen) atoms. The van der Waals surface area contributed by atoms with Crippen LogP contribution in [0.4, 0.5) is 10.5 Å². The Morgan fingerprint density at radius 1 is 1.37 bits per heavy atom. The zero-order chi connectivity index (χ0) is 13.8. The van der Waals surface area contributed by atoms with Crippen LogP contribution in [0.1, 0.15) is 32.6 Å². The highest BCUT2D eigenvalue weighted by Gasteiger charge is 2.22. The number of anilines is 1. The van der Waals surface area contributed by atoms with Crippen LogP contribution in [0.3, 0.4) is 0 Å². The molecule has 1 saturated carbocycles. The Balaban J connectivity index is 1.97. The summed E-state index contributed by atoms with van der Waals surface area (Å²) < 4.78 is 1.44. The first-order chi connectivity index (χ1) is 9.08. The highest BCUT2D eigenvalue weighted by Crippen LogP contribution is 2.23. The molecule has 0 saturated heterocycles. The van der Waals surface area contributed by atoms with Gasteiger partial charge in [0.25, 0.3) is 5.56 Å². The molecule has 1 aliphatic carbocycles. The lowest BCUT2D eigenvalue weighted by atomic mass is 9.86. The highest BCUT2D eigenvalue weighted by molar-refractivity contribution is 5.89. The number of nitrogens with one attached hydrogen (secondary N) is 2. The number of carbonyl (C=O) groups excluding carboxylic acids is 1. The van der Waals surface area contributed by atoms with E-state index in [1.165, 1.54) is 11.0 Å².